The van der Waals surface area contributed by atoms with E-state index in [2.05, 4.69) is 24.1 Å². The molecule has 6 heteroatoms. The number of rotatable bonds is 8. The van der Waals surface area contributed by atoms with Crippen LogP contribution in [-0.2, 0) is 20.8 Å². The van der Waals surface area contributed by atoms with E-state index in [4.69, 9.17) is 9.47 Å². The Morgan fingerprint density at radius 3 is 2.94 bits per heavy atom. The van der Waals surface area contributed by atoms with Crippen LogP contribution in [0.25, 0.3) is 0 Å². The summed E-state index contributed by atoms with van der Waals surface area (Å²) in [6.07, 6.45) is 3.64. The van der Waals surface area contributed by atoms with Crippen molar-refractivity contribution in [3.8, 4) is 0 Å². The summed E-state index contributed by atoms with van der Waals surface area (Å²) in [5, 5.41) is 2.77. The molecule has 1 amide bonds. The smallest absolute Gasteiger partial charge is 0.246 e. The number of ether oxygens (including phenoxy) is 2. The van der Waals surface area contributed by atoms with Crippen LogP contribution in [0.15, 0.2) is 12.4 Å². The van der Waals surface area contributed by atoms with Crippen molar-refractivity contribution in [2.24, 2.45) is 0 Å². The minimum Gasteiger partial charge on any atom is -0.382 e. The average molecular weight is 255 g/mol. The summed E-state index contributed by atoms with van der Waals surface area (Å²) in [6.45, 7) is 5.51. The first-order chi connectivity index (χ1) is 8.65. The fourth-order valence-electron chi connectivity index (χ4n) is 1.49. The Balaban J connectivity index is 2.27. The number of hydrogen-bond acceptors (Lipinski definition) is 4. The van der Waals surface area contributed by atoms with Crippen LogP contribution in [0.4, 0.5) is 0 Å². The highest BCUT2D eigenvalue weighted by Gasteiger charge is 2.07. The van der Waals surface area contributed by atoms with E-state index in [1.165, 1.54) is 0 Å². The Kier molecular flexibility index (Phi) is 6.38. The molecule has 1 N–H and O–H groups in total. The van der Waals surface area contributed by atoms with E-state index < -0.39 is 0 Å². The molecule has 0 aliphatic rings. The quantitative estimate of drug-likeness (QED) is 0.696. The van der Waals surface area contributed by atoms with Crippen LogP contribution in [0.3, 0.4) is 0 Å². The number of methoxy groups -OCH3 is 1. The van der Waals surface area contributed by atoms with E-state index in [9.17, 15) is 4.79 Å². The van der Waals surface area contributed by atoms with Crippen LogP contribution in [0, 0.1) is 0 Å². The molecule has 18 heavy (non-hydrogen) atoms. The maximum absolute atomic E-state index is 11.5. The molecule has 1 rings (SSSR count). The van der Waals surface area contributed by atoms with Crippen molar-refractivity contribution in [3.05, 3.63) is 18.2 Å². The molecule has 102 valence electrons. The molecule has 1 aromatic rings. The van der Waals surface area contributed by atoms with Gasteiger partial charge in [-0.15, -0.1) is 0 Å². The summed E-state index contributed by atoms with van der Waals surface area (Å²) < 4.78 is 12.0. The van der Waals surface area contributed by atoms with E-state index in [0.717, 1.165) is 5.82 Å². The molecule has 0 unspecified atom stereocenters. The fraction of sp³-hybridized carbons (Fsp3) is 0.667. The van der Waals surface area contributed by atoms with Gasteiger partial charge in [-0.2, -0.15) is 0 Å². The number of amides is 1. The van der Waals surface area contributed by atoms with Crippen molar-refractivity contribution >= 4 is 5.91 Å². The third kappa shape index (κ3) is 4.85. The van der Waals surface area contributed by atoms with Gasteiger partial charge in [-0.1, -0.05) is 0 Å². The van der Waals surface area contributed by atoms with Crippen molar-refractivity contribution < 1.29 is 14.3 Å². The molecule has 1 aromatic heterocycles. The van der Waals surface area contributed by atoms with Gasteiger partial charge in [-0.25, -0.2) is 4.98 Å². The molecule has 0 atom stereocenters. The molecule has 0 radical (unpaired) electrons. The van der Waals surface area contributed by atoms with E-state index in [1.807, 2.05) is 10.8 Å². The first-order valence-electron chi connectivity index (χ1n) is 6.00. The molecule has 0 saturated heterocycles. The van der Waals surface area contributed by atoms with Gasteiger partial charge in [0.05, 0.1) is 19.8 Å². The van der Waals surface area contributed by atoms with Crippen molar-refractivity contribution in [3.63, 3.8) is 0 Å². The van der Waals surface area contributed by atoms with Gasteiger partial charge in [0.25, 0.3) is 0 Å². The average Bonchev–Trinajstić information content (AvgIpc) is 2.80. The molecule has 0 aliphatic heterocycles. The summed E-state index contributed by atoms with van der Waals surface area (Å²) in [5.41, 5.74) is 0. The number of aromatic nitrogens is 2. The van der Waals surface area contributed by atoms with Crippen molar-refractivity contribution in [2.75, 3.05) is 26.9 Å². The van der Waals surface area contributed by atoms with Crippen LogP contribution in [-0.4, -0.2) is 42.4 Å². The van der Waals surface area contributed by atoms with Crippen LogP contribution in [0.2, 0.25) is 0 Å². The summed E-state index contributed by atoms with van der Waals surface area (Å²) in [4.78, 5) is 15.7. The lowest BCUT2D eigenvalue weighted by Crippen LogP contribution is -2.29. The summed E-state index contributed by atoms with van der Waals surface area (Å²) in [5.74, 6) is 0.694. The van der Waals surface area contributed by atoms with Crippen molar-refractivity contribution in [1.82, 2.24) is 14.9 Å². The highest BCUT2D eigenvalue weighted by atomic mass is 16.5. The second-order valence-electron chi connectivity index (χ2n) is 4.17. The molecule has 6 nitrogen and oxygen atoms in total. The van der Waals surface area contributed by atoms with Gasteiger partial charge in [0.15, 0.2) is 0 Å². The fourth-order valence-corrected chi connectivity index (χ4v) is 1.49. The standard InChI is InChI=1S/C12H21N3O3/c1-10(2)15-5-4-13-11(15)8-14-12(16)9-18-7-6-17-3/h4-5,10H,6-9H2,1-3H3,(H,14,16). The number of nitrogens with zero attached hydrogens (tertiary/aromatic N) is 2. The van der Waals surface area contributed by atoms with Gasteiger partial charge in [-0.05, 0) is 13.8 Å². The zero-order chi connectivity index (χ0) is 13.4. The number of hydrogen-bond donors (Lipinski definition) is 1. The third-order valence-corrected chi connectivity index (χ3v) is 2.41. The Hall–Kier alpha value is -1.40. The SMILES string of the molecule is COCCOCC(=O)NCc1nccn1C(C)C. The van der Waals surface area contributed by atoms with Gasteiger partial charge in [0, 0.05) is 25.5 Å². The maximum Gasteiger partial charge on any atom is 0.246 e. The first kappa shape index (κ1) is 14.7. The Morgan fingerprint density at radius 2 is 2.28 bits per heavy atom. The summed E-state index contributed by atoms with van der Waals surface area (Å²) in [7, 11) is 1.59. The first-order valence-corrected chi connectivity index (χ1v) is 6.00. The molecule has 0 bridgehead atoms. The molecule has 0 aliphatic carbocycles. The zero-order valence-corrected chi connectivity index (χ0v) is 11.2. The molecule has 0 saturated carbocycles. The number of imidazole rings is 1. The minimum atomic E-state index is -0.149. The van der Waals surface area contributed by atoms with Gasteiger partial charge >= 0.3 is 0 Å². The predicted octanol–water partition coefficient (Wildman–Crippen LogP) is 0.743. The highest BCUT2D eigenvalue weighted by molar-refractivity contribution is 5.77. The molecule has 0 aromatic carbocycles. The van der Waals surface area contributed by atoms with Gasteiger partial charge in [0.2, 0.25) is 5.91 Å². The van der Waals surface area contributed by atoms with E-state index >= 15 is 0 Å². The van der Waals surface area contributed by atoms with Gasteiger partial charge in [0.1, 0.15) is 12.4 Å². The summed E-state index contributed by atoms with van der Waals surface area (Å²) >= 11 is 0. The van der Waals surface area contributed by atoms with Crippen LogP contribution in [0.1, 0.15) is 25.7 Å². The largest absolute Gasteiger partial charge is 0.382 e. The Morgan fingerprint density at radius 1 is 1.50 bits per heavy atom. The molecule has 0 spiro atoms. The monoisotopic (exact) mass is 255 g/mol. The van der Waals surface area contributed by atoms with E-state index in [0.29, 0.717) is 25.8 Å². The number of carbonyl (C=O) groups is 1. The minimum absolute atomic E-state index is 0.0474. The molecular weight excluding hydrogens is 234 g/mol. The second-order valence-corrected chi connectivity index (χ2v) is 4.17. The van der Waals surface area contributed by atoms with Gasteiger partial charge < -0.3 is 19.4 Å². The van der Waals surface area contributed by atoms with Crippen LogP contribution in [0.5, 0.6) is 0 Å². The Bertz CT molecular complexity index is 363. The third-order valence-electron chi connectivity index (χ3n) is 2.41. The second kappa shape index (κ2) is 7.84. The van der Waals surface area contributed by atoms with Gasteiger partial charge in [-0.3, -0.25) is 4.79 Å². The highest BCUT2D eigenvalue weighted by Crippen LogP contribution is 2.07. The van der Waals surface area contributed by atoms with E-state index in [1.54, 1.807) is 13.3 Å². The predicted molar refractivity (Wildman–Crippen MR) is 67.2 cm³/mol. The van der Waals surface area contributed by atoms with Crippen molar-refractivity contribution in [1.29, 1.82) is 0 Å². The molecule has 0 fully saturated rings. The van der Waals surface area contributed by atoms with Crippen LogP contribution >= 0.6 is 0 Å². The van der Waals surface area contributed by atoms with E-state index in [-0.39, 0.29) is 12.5 Å². The Labute approximate surface area is 107 Å². The van der Waals surface area contributed by atoms with Crippen LogP contribution < -0.4 is 5.32 Å². The lowest BCUT2D eigenvalue weighted by atomic mass is 10.4. The van der Waals surface area contributed by atoms with Crippen molar-refractivity contribution in [2.45, 2.75) is 26.4 Å². The number of nitrogens with one attached hydrogen (secondary N) is 1. The lowest BCUT2D eigenvalue weighted by molar-refractivity contribution is -0.126. The molecule has 1 heterocycles. The maximum atomic E-state index is 11.5. The normalized spacial score (nSPS) is 10.9. The lowest BCUT2D eigenvalue weighted by Gasteiger charge is -2.12. The number of carbonyl (C=O) groups excluding carboxylic acids is 1. The summed E-state index contributed by atoms with van der Waals surface area (Å²) in [6, 6.07) is 0.331. The molecular formula is C12H21N3O3. The zero-order valence-electron chi connectivity index (χ0n) is 11.2. The topological polar surface area (TPSA) is 65.4 Å².